The van der Waals surface area contributed by atoms with Gasteiger partial charge < -0.3 is 20.9 Å². The van der Waals surface area contributed by atoms with E-state index in [2.05, 4.69) is 12.2 Å². The minimum Gasteiger partial charge on any atom is -0.394 e. The Balaban J connectivity index is 2.36. The monoisotopic (exact) mass is 272 g/mol. The molecule has 0 aromatic rings. The van der Waals surface area contributed by atoms with E-state index in [1.807, 2.05) is 0 Å². The lowest BCUT2D eigenvalue weighted by molar-refractivity contribution is -0.125. The summed E-state index contributed by atoms with van der Waals surface area (Å²) < 4.78 is 5.28. The summed E-state index contributed by atoms with van der Waals surface area (Å²) in [6, 6.07) is 0. The molecule has 0 spiro atoms. The zero-order valence-corrected chi connectivity index (χ0v) is 12.0. The van der Waals surface area contributed by atoms with E-state index in [9.17, 15) is 9.90 Å². The van der Waals surface area contributed by atoms with Gasteiger partial charge in [-0.15, -0.1) is 0 Å². The molecule has 0 bridgehead atoms. The summed E-state index contributed by atoms with van der Waals surface area (Å²) >= 11 is 0. The van der Waals surface area contributed by atoms with Gasteiger partial charge in [-0.2, -0.15) is 0 Å². The molecule has 1 unspecified atom stereocenters. The first-order valence-corrected chi connectivity index (χ1v) is 7.35. The molecule has 1 heterocycles. The Morgan fingerprint density at radius 3 is 2.63 bits per heavy atom. The van der Waals surface area contributed by atoms with Crippen LogP contribution in [0.4, 0.5) is 0 Å². The zero-order valence-electron chi connectivity index (χ0n) is 12.0. The Morgan fingerprint density at radius 2 is 2.11 bits per heavy atom. The third kappa shape index (κ3) is 5.47. The second-order valence-electron chi connectivity index (χ2n) is 5.49. The fraction of sp³-hybridized carbons (Fsp3) is 0.929. The largest absolute Gasteiger partial charge is 0.394 e. The molecule has 5 nitrogen and oxygen atoms in total. The highest BCUT2D eigenvalue weighted by molar-refractivity contribution is 5.76. The average Bonchev–Trinajstić information content (AvgIpc) is 2.44. The number of carbonyl (C=O) groups excluding carboxylic acids is 1. The summed E-state index contributed by atoms with van der Waals surface area (Å²) in [7, 11) is 0. The minimum absolute atomic E-state index is 0.0118. The van der Waals surface area contributed by atoms with E-state index in [0.717, 1.165) is 19.3 Å². The summed E-state index contributed by atoms with van der Waals surface area (Å²) in [5.74, 6) is 0.557. The highest BCUT2D eigenvalue weighted by Crippen LogP contribution is 2.21. The molecular weight excluding hydrogens is 244 g/mol. The molecule has 1 aliphatic rings. The smallest absolute Gasteiger partial charge is 0.220 e. The molecule has 5 heteroatoms. The van der Waals surface area contributed by atoms with Gasteiger partial charge in [-0.25, -0.2) is 0 Å². The van der Waals surface area contributed by atoms with Crippen molar-refractivity contribution in [1.82, 2.24) is 5.32 Å². The SMILES string of the molecule is CCC(CCN)CCC(=O)NC1(CO)CCOCC1. The fourth-order valence-electron chi connectivity index (χ4n) is 2.57. The second kappa shape index (κ2) is 8.51. The zero-order chi connectivity index (χ0) is 14.1. The number of nitrogens with two attached hydrogens (primary N) is 1. The van der Waals surface area contributed by atoms with E-state index in [0.29, 0.717) is 44.9 Å². The first-order chi connectivity index (χ1) is 9.15. The van der Waals surface area contributed by atoms with Crippen LogP contribution in [0.1, 0.15) is 45.4 Å². The average molecular weight is 272 g/mol. The predicted molar refractivity (Wildman–Crippen MR) is 74.7 cm³/mol. The highest BCUT2D eigenvalue weighted by atomic mass is 16.5. The van der Waals surface area contributed by atoms with Crippen LogP contribution in [-0.2, 0) is 9.53 Å². The molecule has 0 aliphatic carbocycles. The molecule has 112 valence electrons. The van der Waals surface area contributed by atoms with Crippen molar-refractivity contribution in [3.8, 4) is 0 Å². The Hall–Kier alpha value is -0.650. The fourth-order valence-corrected chi connectivity index (χ4v) is 2.57. The Morgan fingerprint density at radius 1 is 1.42 bits per heavy atom. The molecular formula is C14H28N2O3. The van der Waals surface area contributed by atoms with Crippen molar-refractivity contribution in [2.75, 3.05) is 26.4 Å². The third-order valence-electron chi connectivity index (χ3n) is 4.09. The quantitative estimate of drug-likeness (QED) is 0.610. The van der Waals surface area contributed by atoms with Gasteiger partial charge in [0.05, 0.1) is 12.1 Å². The maximum Gasteiger partial charge on any atom is 0.220 e. The van der Waals surface area contributed by atoms with Crippen LogP contribution < -0.4 is 11.1 Å². The highest BCUT2D eigenvalue weighted by Gasteiger charge is 2.33. The molecule has 0 saturated carbocycles. The maximum atomic E-state index is 12.0. The van der Waals surface area contributed by atoms with Crippen LogP contribution in [0.5, 0.6) is 0 Å². The van der Waals surface area contributed by atoms with Gasteiger partial charge in [0, 0.05) is 19.6 Å². The van der Waals surface area contributed by atoms with Gasteiger partial charge in [-0.3, -0.25) is 4.79 Å². The van der Waals surface area contributed by atoms with E-state index >= 15 is 0 Å². The Labute approximate surface area is 115 Å². The van der Waals surface area contributed by atoms with Crippen molar-refractivity contribution in [3.63, 3.8) is 0 Å². The van der Waals surface area contributed by atoms with Crippen LogP contribution in [0.3, 0.4) is 0 Å². The number of hydrogen-bond acceptors (Lipinski definition) is 4. The first kappa shape index (κ1) is 16.4. The number of nitrogens with one attached hydrogen (secondary N) is 1. The van der Waals surface area contributed by atoms with E-state index in [4.69, 9.17) is 10.5 Å². The van der Waals surface area contributed by atoms with Gasteiger partial charge in [0.25, 0.3) is 0 Å². The topological polar surface area (TPSA) is 84.6 Å². The van der Waals surface area contributed by atoms with Crippen LogP contribution in [0.15, 0.2) is 0 Å². The van der Waals surface area contributed by atoms with E-state index < -0.39 is 5.54 Å². The minimum atomic E-state index is -0.467. The van der Waals surface area contributed by atoms with Gasteiger partial charge in [0.1, 0.15) is 0 Å². The predicted octanol–water partition coefficient (Wildman–Crippen LogP) is 0.799. The van der Waals surface area contributed by atoms with Crippen molar-refractivity contribution in [2.45, 2.75) is 51.0 Å². The van der Waals surface area contributed by atoms with Crippen LogP contribution in [0, 0.1) is 5.92 Å². The Kier molecular flexibility index (Phi) is 7.34. The van der Waals surface area contributed by atoms with Crippen LogP contribution in [0.2, 0.25) is 0 Å². The summed E-state index contributed by atoms with van der Waals surface area (Å²) in [6.45, 7) is 4.00. The third-order valence-corrected chi connectivity index (χ3v) is 4.09. The molecule has 1 aliphatic heterocycles. The molecule has 19 heavy (non-hydrogen) atoms. The number of hydrogen-bond donors (Lipinski definition) is 3. The molecule has 1 fully saturated rings. The molecule has 0 aromatic carbocycles. The molecule has 1 rings (SSSR count). The van der Waals surface area contributed by atoms with Crippen molar-refractivity contribution in [2.24, 2.45) is 11.7 Å². The number of aliphatic hydroxyl groups is 1. The van der Waals surface area contributed by atoms with Crippen LogP contribution in [-0.4, -0.2) is 42.9 Å². The molecule has 0 aromatic heterocycles. The van der Waals surface area contributed by atoms with Crippen molar-refractivity contribution in [3.05, 3.63) is 0 Å². The van der Waals surface area contributed by atoms with Gasteiger partial charge >= 0.3 is 0 Å². The number of ether oxygens (including phenoxy) is 1. The number of amides is 1. The van der Waals surface area contributed by atoms with E-state index in [-0.39, 0.29) is 12.5 Å². The molecule has 0 radical (unpaired) electrons. The molecule has 4 N–H and O–H groups in total. The van der Waals surface area contributed by atoms with Crippen molar-refractivity contribution in [1.29, 1.82) is 0 Å². The lowest BCUT2D eigenvalue weighted by Crippen LogP contribution is -2.54. The molecule has 1 amide bonds. The summed E-state index contributed by atoms with van der Waals surface area (Å²) in [5.41, 5.74) is 5.09. The van der Waals surface area contributed by atoms with Gasteiger partial charge in [0.15, 0.2) is 0 Å². The normalized spacial score (nSPS) is 19.9. The number of aliphatic hydroxyl groups excluding tert-OH is 1. The van der Waals surface area contributed by atoms with E-state index in [1.165, 1.54) is 0 Å². The van der Waals surface area contributed by atoms with Crippen molar-refractivity contribution < 1.29 is 14.6 Å². The summed E-state index contributed by atoms with van der Waals surface area (Å²) in [4.78, 5) is 12.0. The molecule has 1 atom stereocenters. The lowest BCUT2D eigenvalue weighted by Gasteiger charge is -2.36. The summed E-state index contributed by atoms with van der Waals surface area (Å²) in [5, 5.41) is 12.5. The van der Waals surface area contributed by atoms with Gasteiger partial charge in [-0.1, -0.05) is 13.3 Å². The number of rotatable bonds is 8. The van der Waals surface area contributed by atoms with E-state index in [1.54, 1.807) is 0 Å². The lowest BCUT2D eigenvalue weighted by atomic mass is 9.90. The molecule has 1 saturated heterocycles. The van der Waals surface area contributed by atoms with Crippen LogP contribution in [0.25, 0.3) is 0 Å². The van der Waals surface area contributed by atoms with Crippen molar-refractivity contribution >= 4 is 5.91 Å². The summed E-state index contributed by atoms with van der Waals surface area (Å²) in [6.07, 6.45) is 4.80. The maximum absolute atomic E-state index is 12.0. The standard InChI is InChI=1S/C14H28N2O3/c1-2-12(5-8-15)3-4-13(18)16-14(11-17)6-9-19-10-7-14/h12,17H,2-11,15H2,1H3,(H,16,18). The second-order valence-corrected chi connectivity index (χ2v) is 5.49. The van der Waals surface area contributed by atoms with Gasteiger partial charge in [0.2, 0.25) is 5.91 Å². The van der Waals surface area contributed by atoms with Gasteiger partial charge in [-0.05, 0) is 38.1 Å². The first-order valence-electron chi connectivity index (χ1n) is 7.35. The number of carbonyl (C=O) groups is 1. The Bertz CT molecular complexity index is 265. The van der Waals surface area contributed by atoms with Crippen LogP contribution >= 0.6 is 0 Å².